The third-order valence-corrected chi connectivity index (χ3v) is 3.56. The maximum absolute atomic E-state index is 8.85. The van der Waals surface area contributed by atoms with Gasteiger partial charge in [0.05, 0.1) is 17.1 Å². The van der Waals surface area contributed by atoms with Gasteiger partial charge in [-0.05, 0) is 48.9 Å². The molecule has 0 aliphatic rings. The Labute approximate surface area is 123 Å². The second kappa shape index (κ2) is 5.64. The maximum Gasteiger partial charge on any atom is 0.0991 e. The van der Waals surface area contributed by atoms with E-state index in [4.69, 9.17) is 5.26 Å². The first-order chi connectivity index (χ1) is 10.3. The van der Waals surface area contributed by atoms with Crippen LogP contribution in [0.3, 0.4) is 0 Å². The van der Waals surface area contributed by atoms with Crippen LogP contribution in [0.4, 0.5) is 5.69 Å². The number of nitrogens with one attached hydrogen (secondary N) is 1. The summed E-state index contributed by atoms with van der Waals surface area (Å²) in [5.41, 5.74) is 3.88. The van der Waals surface area contributed by atoms with Gasteiger partial charge in [-0.1, -0.05) is 18.2 Å². The third kappa shape index (κ3) is 2.70. The van der Waals surface area contributed by atoms with Crippen LogP contribution in [0.2, 0.25) is 0 Å². The number of anilines is 1. The molecule has 102 valence electrons. The number of nitrogens with zero attached hydrogens (tertiary/aromatic N) is 2. The van der Waals surface area contributed by atoms with Gasteiger partial charge in [0.25, 0.3) is 0 Å². The summed E-state index contributed by atoms with van der Waals surface area (Å²) in [6.45, 7) is 2.11. The van der Waals surface area contributed by atoms with Crippen molar-refractivity contribution >= 4 is 16.6 Å². The molecule has 0 radical (unpaired) electrons. The first-order valence-electron chi connectivity index (χ1n) is 6.88. The van der Waals surface area contributed by atoms with Crippen molar-refractivity contribution in [2.45, 2.75) is 13.0 Å². The van der Waals surface area contributed by atoms with Crippen molar-refractivity contribution in [2.75, 3.05) is 5.32 Å². The largest absolute Gasteiger partial charge is 0.378 e. The van der Waals surface area contributed by atoms with Crippen molar-refractivity contribution in [1.29, 1.82) is 5.26 Å². The van der Waals surface area contributed by atoms with Crippen molar-refractivity contribution in [3.8, 4) is 6.07 Å². The lowest BCUT2D eigenvalue weighted by Gasteiger charge is -2.17. The molecule has 0 bridgehead atoms. The van der Waals surface area contributed by atoms with Gasteiger partial charge in [-0.2, -0.15) is 5.26 Å². The highest BCUT2D eigenvalue weighted by molar-refractivity contribution is 5.91. The first kappa shape index (κ1) is 13.1. The third-order valence-electron chi connectivity index (χ3n) is 3.56. The molecule has 0 fully saturated rings. The van der Waals surface area contributed by atoms with E-state index in [-0.39, 0.29) is 6.04 Å². The van der Waals surface area contributed by atoms with Gasteiger partial charge >= 0.3 is 0 Å². The van der Waals surface area contributed by atoms with Crippen LogP contribution in [-0.4, -0.2) is 4.98 Å². The minimum atomic E-state index is 0.156. The second-order valence-electron chi connectivity index (χ2n) is 4.98. The molecule has 3 nitrogen and oxygen atoms in total. The summed E-state index contributed by atoms with van der Waals surface area (Å²) < 4.78 is 0. The van der Waals surface area contributed by atoms with Gasteiger partial charge in [-0.15, -0.1) is 0 Å². The van der Waals surface area contributed by atoms with E-state index in [2.05, 4.69) is 35.4 Å². The normalized spacial score (nSPS) is 11.8. The fourth-order valence-electron chi connectivity index (χ4n) is 2.39. The summed E-state index contributed by atoms with van der Waals surface area (Å²) >= 11 is 0. The average molecular weight is 273 g/mol. The molecule has 1 atom stereocenters. The standard InChI is InChI=1S/C18H15N3/c1-13(15-9-7-14(12-19)8-10-15)21-18-6-2-5-17-16(18)4-3-11-20-17/h2-11,13,21H,1H3. The molecule has 1 aromatic heterocycles. The fourth-order valence-corrected chi connectivity index (χ4v) is 2.39. The van der Waals surface area contributed by atoms with Crippen LogP contribution in [0.5, 0.6) is 0 Å². The molecular formula is C18H15N3. The minimum Gasteiger partial charge on any atom is -0.378 e. The van der Waals surface area contributed by atoms with E-state index in [0.717, 1.165) is 22.2 Å². The average Bonchev–Trinajstić information content (AvgIpc) is 2.55. The fraction of sp³-hybridized carbons (Fsp3) is 0.111. The van der Waals surface area contributed by atoms with E-state index in [1.54, 1.807) is 6.20 Å². The summed E-state index contributed by atoms with van der Waals surface area (Å²) in [5, 5.41) is 13.5. The van der Waals surface area contributed by atoms with Crippen molar-refractivity contribution < 1.29 is 0 Å². The Morgan fingerprint density at radius 2 is 1.86 bits per heavy atom. The number of aromatic nitrogens is 1. The summed E-state index contributed by atoms with van der Waals surface area (Å²) in [6, 6.07) is 20.0. The van der Waals surface area contributed by atoms with Crippen LogP contribution >= 0.6 is 0 Å². The van der Waals surface area contributed by atoms with Crippen molar-refractivity contribution in [3.63, 3.8) is 0 Å². The quantitative estimate of drug-likeness (QED) is 0.774. The van der Waals surface area contributed by atoms with Gasteiger partial charge < -0.3 is 5.32 Å². The van der Waals surface area contributed by atoms with E-state index in [0.29, 0.717) is 5.56 Å². The molecule has 3 aromatic rings. The molecule has 0 saturated heterocycles. The van der Waals surface area contributed by atoms with Crippen LogP contribution < -0.4 is 5.32 Å². The smallest absolute Gasteiger partial charge is 0.0991 e. The van der Waals surface area contributed by atoms with E-state index in [1.165, 1.54) is 0 Å². The maximum atomic E-state index is 8.85. The molecule has 0 amide bonds. The van der Waals surface area contributed by atoms with Crippen molar-refractivity contribution in [2.24, 2.45) is 0 Å². The Balaban J connectivity index is 1.89. The Morgan fingerprint density at radius 1 is 1.05 bits per heavy atom. The zero-order chi connectivity index (χ0) is 14.7. The van der Waals surface area contributed by atoms with Crippen LogP contribution in [0.15, 0.2) is 60.8 Å². The molecule has 0 saturated carbocycles. The first-order valence-corrected chi connectivity index (χ1v) is 6.88. The SMILES string of the molecule is CC(Nc1cccc2ncccc12)c1ccc(C#N)cc1. The van der Waals surface area contributed by atoms with E-state index < -0.39 is 0 Å². The molecule has 1 heterocycles. The second-order valence-corrected chi connectivity index (χ2v) is 4.98. The number of hydrogen-bond acceptors (Lipinski definition) is 3. The summed E-state index contributed by atoms with van der Waals surface area (Å²) in [4.78, 5) is 4.37. The Bertz CT molecular complexity index is 795. The lowest BCUT2D eigenvalue weighted by atomic mass is 10.1. The molecule has 21 heavy (non-hydrogen) atoms. The number of hydrogen-bond donors (Lipinski definition) is 1. The molecule has 0 aliphatic heterocycles. The van der Waals surface area contributed by atoms with Crippen molar-refractivity contribution in [1.82, 2.24) is 4.98 Å². The van der Waals surface area contributed by atoms with Crippen LogP contribution in [-0.2, 0) is 0 Å². The monoisotopic (exact) mass is 273 g/mol. The summed E-state index contributed by atoms with van der Waals surface area (Å²) in [7, 11) is 0. The van der Waals surface area contributed by atoms with Gasteiger partial charge in [-0.25, -0.2) is 0 Å². The lowest BCUT2D eigenvalue weighted by Crippen LogP contribution is -2.07. The van der Waals surface area contributed by atoms with Crippen LogP contribution in [0.1, 0.15) is 24.1 Å². The number of fused-ring (bicyclic) bond motifs is 1. The zero-order valence-electron chi connectivity index (χ0n) is 11.7. The van der Waals surface area contributed by atoms with Gasteiger partial charge in [0.2, 0.25) is 0 Å². The van der Waals surface area contributed by atoms with E-state index in [1.807, 2.05) is 42.5 Å². The molecular weight excluding hydrogens is 258 g/mol. The number of rotatable bonds is 3. The van der Waals surface area contributed by atoms with Gasteiger partial charge in [0.15, 0.2) is 0 Å². The van der Waals surface area contributed by atoms with Crippen LogP contribution in [0, 0.1) is 11.3 Å². The molecule has 3 rings (SSSR count). The molecule has 3 heteroatoms. The lowest BCUT2D eigenvalue weighted by molar-refractivity contribution is 0.886. The highest BCUT2D eigenvalue weighted by Gasteiger charge is 2.07. The Hall–Kier alpha value is -2.86. The molecule has 2 aromatic carbocycles. The summed E-state index contributed by atoms with van der Waals surface area (Å²) in [6.07, 6.45) is 1.80. The van der Waals surface area contributed by atoms with E-state index in [9.17, 15) is 0 Å². The summed E-state index contributed by atoms with van der Waals surface area (Å²) in [5.74, 6) is 0. The highest BCUT2D eigenvalue weighted by atomic mass is 14.9. The number of pyridine rings is 1. The predicted molar refractivity (Wildman–Crippen MR) is 84.9 cm³/mol. The molecule has 0 aliphatic carbocycles. The number of benzene rings is 2. The highest BCUT2D eigenvalue weighted by Crippen LogP contribution is 2.26. The molecule has 1 N–H and O–H groups in total. The molecule has 1 unspecified atom stereocenters. The van der Waals surface area contributed by atoms with Crippen LogP contribution in [0.25, 0.3) is 10.9 Å². The van der Waals surface area contributed by atoms with E-state index >= 15 is 0 Å². The Kier molecular flexibility index (Phi) is 3.53. The molecule has 0 spiro atoms. The predicted octanol–water partition coefficient (Wildman–Crippen LogP) is 4.28. The topological polar surface area (TPSA) is 48.7 Å². The van der Waals surface area contributed by atoms with Gasteiger partial charge in [0, 0.05) is 23.3 Å². The van der Waals surface area contributed by atoms with Gasteiger partial charge in [0.1, 0.15) is 0 Å². The minimum absolute atomic E-state index is 0.156. The van der Waals surface area contributed by atoms with Crippen molar-refractivity contribution in [3.05, 3.63) is 71.9 Å². The van der Waals surface area contributed by atoms with Gasteiger partial charge in [-0.3, -0.25) is 4.98 Å². The number of nitriles is 1. The zero-order valence-corrected chi connectivity index (χ0v) is 11.7. The Morgan fingerprint density at radius 3 is 2.62 bits per heavy atom.